The molecule has 3 rings (SSSR count). The third kappa shape index (κ3) is 6.21. The summed E-state index contributed by atoms with van der Waals surface area (Å²) in [5, 5.41) is 0.176. The topological polar surface area (TPSA) is 37.4 Å². The van der Waals surface area contributed by atoms with Gasteiger partial charge >= 0.3 is 0 Å². The molecule has 0 saturated carbocycles. The molecular weight excluding hydrogens is 405 g/mol. The van der Waals surface area contributed by atoms with E-state index in [9.17, 15) is 12.8 Å². The third-order valence-electron chi connectivity index (χ3n) is 4.86. The maximum Gasteiger partial charge on any atom is 0.123 e. The first-order valence-electron chi connectivity index (χ1n) is 8.84. The molecule has 7 heteroatoms. The molecule has 2 atom stereocenters. The molecule has 0 aliphatic carbocycles. The highest BCUT2D eigenvalue weighted by molar-refractivity contribution is 7.85. The second-order valence-corrected chi connectivity index (χ2v) is 9.75. The molecule has 3 nitrogen and oxygen atoms in total. The minimum atomic E-state index is -1.02. The molecule has 1 aliphatic heterocycles. The Morgan fingerprint density at radius 2 is 1.52 bits per heavy atom. The smallest absolute Gasteiger partial charge is 0.123 e. The molecule has 0 spiro atoms. The maximum atomic E-state index is 12.9. The van der Waals surface area contributed by atoms with Crippen molar-refractivity contribution in [2.24, 2.45) is 0 Å². The van der Waals surface area contributed by atoms with Crippen molar-refractivity contribution < 1.29 is 12.8 Å². The lowest BCUT2D eigenvalue weighted by Crippen LogP contribution is -2.38. The summed E-state index contributed by atoms with van der Waals surface area (Å²) in [5.74, 6) is -0.199. The fourth-order valence-corrected chi connectivity index (χ4v) is 5.19. The molecule has 27 heavy (non-hydrogen) atoms. The van der Waals surface area contributed by atoms with E-state index in [1.165, 1.54) is 12.1 Å². The van der Waals surface area contributed by atoms with Crippen molar-refractivity contribution in [2.75, 3.05) is 25.9 Å². The van der Waals surface area contributed by atoms with E-state index < -0.39 is 21.6 Å². The van der Waals surface area contributed by atoms with Gasteiger partial charge in [-0.3, -0.25) is 8.42 Å². The van der Waals surface area contributed by atoms with Crippen molar-refractivity contribution in [1.29, 1.82) is 0 Å². The summed E-state index contributed by atoms with van der Waals surface area (Å²) in [7, 11) is -2.02. The lowest BCUT2D eigenvalue weighted by Gasteiger charge is -2.31. The van der Waals surface area contributed by atoms with Gasteiger partial charge < -0.3 is 4.90 Å². The number of benzene rings is 2. The summed E-state index contributed by atoms with van der Waals surface area (Å²) in [4.78, 5) is 3.98. The van der Waals surface area contributed by atoms with Gasteiger partial charge in [-0.2, -0.15) is 0 Å². The van der Waals surface area contributed by atoms with Gasteiger partial charge in [-0.05, 0) is 74.3 Å². The average Bonchev–Trinajstić information content (AvgIpc) is 2.67. The van der Waals surface area contributed by atoms with Crippen LogP contribution in [-0.2, 0) is 28.0 Å². The lowest BCUT2D eigenvalue weighted by atomic mass is 10.1. The van der Waals surface area contributed by atoms with Gasteiger partial charge in [0.2, 0.25) is 0 Å². The molecule has 1 saturated heterocycles. The standard InChI is InChI=1S/C20H24FNO2S2.ClH/c1-25(23)18-6-8-19(9-7-18)26(24)20-11-14-22(15-12-20)13-10-16-2-4-17(21)5-3-16;/h2-9,20H,10-15H2,1H3;1H. The zero-order valence-corrected chi connectivity index (χ0v) is 17.8. The van der Waals surface area contributed by atoms with Crippen LogP contribution in [0.3, 0.4) is 0 Å². The van der Waals surface area contributed by atoms with Crippen LogP contribution in [0.2, 0.25) is 0 Å². The van der Waals surface area contributed by atoms with Gasteiger partial charge in [0.05, 0.1) is 10.8 Å². The van der Waals surface area contributed by atoms with Gasteiger partial charge in [-0.25, -0.2) is 4.39 Å². The number of nitrogens with zero attached hydrogens (tertiary/aromatic N) is 1. The maximum absolute atomic E-state index is 12.9. The Labute approximate surface area is 171 Å². The van der Waals surface area contributed by atoms with Crippen LogP contribution >= 0.6 is 12.4 Å². The van der Waals surface area contributed by atoms with E-state index in [-0.39, 0.29) is 23.5 Å². The molecule has 2 unspecified atom stereocenters. The highest BCUT2D eigenvalue weighted by Gasteiger charge is 2.24. The van der Waals surface area contributed by atoms with Gasteiger partial charge in [-0.15, -0.1) is 12.4 Å². The van der Waals surface area contributed by atoms with Crippen molar-refractivity contribution in [3.05, 3.63) is 59.9 Å². The number of hydrogen-bond donors (Lipinski definition) is 0. The zero-order chi connectivity index (χ0) is 18.5. The Balaban J connectivity index is 0.00000261. The molecule has 0 amide bonds. The molecule has 148 valence electrons. The molecule has 0 N–H and O–H groups in total. The number of likely N-dealkylation sites (tertiary alicyclic amines) is 1. The van der Waals surface area contributed by atoms with Crippen molar-refractivity contribution >= 4 is 34.0 Å². The molecule has 0 bridgehead atoms. The monoisotopic (exact) mass is 429 g/mol. The summed E-state index contributed by atoms with van der Waals surface area (Å²) in [6.45, 7) is 2.82. The van der Waals surface area contributed by atoms with E-state index >= 15 is 0 Å². The highest BCUT2D eigenvalue weighted by atomic mass is 35.5. The first-order valence-corrected chi connectivity index (χ1v) is 11.6. The second-order valence-electron chi connectivity index (χ2n) is 6.64. The van der Waals surface area contributed by atoms with Crippen molar-refractivity contribution in [3.63, 3.8) is 0 Å². The van der Waals surface area contributed by atoms with Crippen molar-refractivity contribution in [3.8, 4) is 0 Å². The van der Waals surface area contributed by atoms with Crippen molar-refractivity contribution in [2.45, 2.75) is 34.3 Å². The fourth-order valence-electron chi connectivity index (χ4n) is 3.24. The molecule has 1 fully saturated rings. The van der Waals surface area contributed by atoms with Crippen LogP contribution in [0.1, 0.15) is 18.4 Å². The van der Waals surface area contributed by atoms with Crippen LogP contribution in [0.15, 0.2) is 58.3 Å². The zero-order valence-electron chi connectivity index (χ0n) is 15.3. The fraction of sp³-hybridized carbons (Fsp3) is 0.400. The minimum absolute atomic E-state index is 0. The molecule has 0 radical (unpaired) electrons. The molecule has 0 aromatic heterocycles. The summed E-state index contributed by atoms with van der Waals surface area (Å²) in [6, 6.07) is 14.0. The normalized spacial score (nSPS) is 17.9. The number of rotatable bonds is 6. The Morgan fingerprint density at radius 1 is 0.963 bits per heavy atom. The Hall–Kier alpha value is -1.08. The number of piperidine rings is 1. The molecule has 2 aromatic carbocycles. The van der Waals surface area contributed by atoms with Gasteiger partial charge in [0.1, 0.15) is 5.82 Å². The van der Waals surface area contributed by atoms with Gasteiger partial charge in [0, 0.05) is 38.6 Å². The number of hydrogen-bond acceptors (Lipinski definition) is 3. The van der Waals surface area contributed by atoms with Gasteiger partial charge in [-0.1, -0.05) is 12.1 Å². The van der Waals surface area contributed by atoms with E-state index in [1.807, 2.05) is 24.3 Å². The Kier molecular flexibility index (Phi) is 8.61. The largest absolute Gasteiger partial charge is 0.303 e. The van der Waals surface area contributed by atoms with Crippen LogP contribution in [0.25, 0.3) is 0 Å². The van der Waals surface area contributed by atoms with E-state index in [4.69, 9.17) is 0 Å². The third-order valence-corrected chi connectivity index (χ3v) is 7.60. The molecule has 2 aromatic rings. The predicted molar refractivity (Wildman–Crippen MR) is 112 cm³/mol. The molecule has 1 heterocycles. The lowest BCUT2D eigenvalue weighted by molar-refractivity contribution is 0.234. The SMILES string of the molecule is CS(=O)c1ccc(S(=O)C2CCN(CCc3ccc(F)cc3)CC2)cc1.Cl. The Bertz CT molecular complexity index is 776. The number of halogens is 2. The quantitative estimate of drug-likeness (QED) is 0.700. The van der Waals surface area contributed by atoms with Crippen LogP contribution < -0.4 is 0 Å². The van der Waals surface area contributed by atoms with Gasteiger partial charge in [0.15, 0.2) is 0 Å². The van der Waals surface area contributed by atoms with E-state index in [1.54, 1.807) is 18.4 Å². The van der Waals surface area contributed by atoms with E-state index in [2.05, 4.69) is 4.90 Å². The van der Waals surface area contributed by atoms with Crippen molar-refractivity contribution in [1.82, 2.24) is 4.90 Å². The van der Waals surface area contributed by atoms with Crippen LogP contribution in [0.5, 0.6) is 0 Å². The first kappa shape index (κ1) is 22.2. The average molecular weight is 430 g/mol. The molecular formula is C20H25ClFNO2S2. The van der Waals surface area contributed by atoms with Crippen LogP contribution in [0, 0.1) is 5.82 Å². The summed E-state index contributed by atoms with van der Waals surface area (Å²) in [6.07, 6.45) is 4.38. The highest BCUT2D eigenvalue weighted by Crippen LogP contribution is 2.22. The summed E-state index contributed by atoms with van der Waals surface area (Å²) < 4.78 is 37.2. The van der Waals surface area contributed by atoms with Crippen LogP contribution in [-0.4, -0.2) is 44.5 Å². The summed E-state index contributed by atoms with van der Waals surface area (Å²) in [5.41, 5.74) is 1.14. The second kappa shape index (κ2) is 10.5. The Morgan fingerprint density at radius 3 is 2.07 bits per heavy atom. The van der Waals surface area contributed by atoms with Gasteiger partial charge in [0.25, 0.3) is 0 Å². The summed E-state index contributed by atoms with van der Waals surface area (Å²) >= 11 is 0. The van der Waals surface area contributed by atoms with Crippen LogP contribution in [0.4, 0.5) is 4.39 Å². The van der Waals surface area contributed by atoms with E-state index in [0.717, 1.165) is 54.3 Å². The predicted octanol–water partition coefficient (Wildman–Crippen LogP) is 3.80. The van der Waals surface area contributed by atoms with E-state index in [0.29, 0.717) is 0 Å². The molecule has 1 aliphatic rings. The minimum Gasteiger partial charge on any atom is -0.303 e. The first-order chi connectivity index (χ1) is 12.5.